The summed E-state index contributed by atoms with van der Waals surface area (Å²) in [7, 11) is -2.00. The van der Waals surface area contributed by atoms with Crippen LogP contribution in [0, 0.1) is 0 Å². The van der Waals surface area contributed by atoms with Crippen molar-refractivity contribution in [2.45, 2.75) is 11.4 Å². The molecule has 0 fully saturated rings. The van der Waals surface area contributed by atoms with Crippen molar-refractivity contribution < 1.29 is 8.42 Å². The number of sulfonamides is 1. The Morgan fingerprint density at radius 1 is 1.45 bits per heavy atom. The number of nitrogens with one attached hydrogen (secondary N) is 1. The van der Waals surface area contributed by atoms with Crippen LogP contribution in [0.4, 0.5) is 0 Å². The number of aromatic nitrogens is 3. The Morgan fingerprint density at radius 2 is 2.15 bits per heavy atom. The molecule has 1 aromatic heterocycles. The standard InChI is InChI=1S/C11H13N5O2S2/c1-16-7-13-15-10(16)6-14-20(17,18)9-5-3-2-4-8(9)11(12)19/h2-5,7,14H,6H2,1H3,(H2,12,19). The van der Waals surface area contributed by atoms with Crippen molar-refractivity contribution >= 4 is 27.2 Å². The molecule has 0 unspecified atom stereocenters. The van der Waals surface area contributed by atoms with Crippen LogP contribution >= 0.6 is 12.2 Å². The smallest absolute Gasteiger partial charge is 0.241 e. The average molecular weight is 311 g/mol. The van der Waals surface area contributed by atoms with Gasteiger partial charge in [0.15, 0.2) is 0 Å². The lowest BCUT2D eigenvalue weighted by atomic mass is 10.2. The quantitative estimate of drug-likeness (QED) is 0.749. The zero-order valence-corrected chi connectivity index (χ0v) is 12.3. The summed E-state index contributed by atoms with van der Waals surface area (Å²) in [4.78, 5) is 0.0827. The van der Waals surface area contributed by atoms with E-state index in [-0.39, 0.29) is 16.4 Å². The van der Waals surface area contributed by atoms with Crippen LogP contribution in [0.25, 0.3) is 0 Å². The molecule has 0 bridgehead atoms. The number of benzene rings is 1. The third-order valence-electron chi connectivity index (χ3n) is 2.67. The van der Waals surface area contributed by atoms with Crippen molar-refractivity contribution in [2.75, 3.05) is 0 Å². The predicted octanol–water partition coefficient (Wildman–Crippen LogP) is -0.0722. The average Bonchev–Trinajstić information content (AvgIpc) is 2.82. The van der Waals surface area contributed by atoms with Gasteiger partial charge in [-0.1, -0.05) is 30.4 Å². The lowest BCUT2D eigenvalue weighted by Crippen LogP contribution is -2.27. The van der Waals surface area contributed by atoms with E-state index in [1.165, 1.54) is 12.4 Å². The van der Waals surface area contributed by atoms with Crippen molar-refractivity contribution in [1.82, 2.24) is 19.5 Å². The first-order chi connectivity index (χ1) is 9.42. The van der Waals surface area contributed by atoms with Gasteiger partial charge in [-0.25, -0.2) is 13.1 Å². The summed E-state index contributed by atoms with van der Waals surface area (Å²) in [5.74, 6) is 0.501. The highest BCUT2D eigenvalue weighted by Gasteiger charge is 2.19. The van der Waals surface area contributed by atoms with Crippen LogP contribution in [0.5, 0.6) is 0 Å². The van der Waals surface area contributed by atoms with Gasteiger partial charge in [0.25, 0.3) is 0 Å². The Bertz CT molecular complexity index is 739. The van der Waals surface area contributed by atoms with Crippen molar-refractivity contribution in [3.63, 3.8) is 0 Å². The fourth-order valence-corrected chi connectivity index (χ4v) is 3.05. The first-order valence-electron chi connectivity index (χ1n) is 5.63. The molecule has 3 N–H and O–H groups in total. The summed E-state index contributed by atoms with van der Waals surface area (Å²) in [5, 5.41) is 7.48. The third kappa shape index (κ3) is 3.00. The second kappa shape index (κ2) is 5.65. The number of nitrogens with two attached hydrogens (primary N) is 1. The number of rotatable bonds is 5. The maximum atomic E-state index is 12.3. The minimum atomic E-state index is -3.73. The zero-order chi connectivity index (χ0) is 14.8. The fraction of sp³-hybridized carbons (Fsp3) is 0.182. The lowest BCUT2D eigenvalue weighted by molar-refractivity contribution is 0.577. The summed E-state index contributed by atoms with van der Waals surface area (Å²) in [5.41, 5.74) is 5.85. The summed E-state index contributed by atoms with van der Waals surface area (Å²) in [6.07, 6.45) is 1.49. The van der Waals surface area contributed by atoms with E-state index in [2.05, 4.69) is 14.9 Å². The topological polar surface area (TPSA) is 103 Å². The van der Waals surface area contributed by atoms with E-state index in [1.807, 2.05) is 0 Å². The van der Waals surface area contributed by atoms with Crippen molar-refractivity contribution in [1.29, 1.82) is 0 Å². The minimum Gasteiger partial charge on any atom is -0.389 e. The van der Waals surface area contributed by atoms with Crippen molar-refractivity contribution in [3.8, 4) is 0 Å². The molecule has 20 heavy (non-hydrogen) atoms. The molecule has 9 heteroatoms. The van der Waals surface area contributed by atoms with Crippen molar-refractivity contribution in [2.24, 2.45) is 12.8 Å². The highest BCUT2D eigenvalue weighted by Crippen LogP contribution is 2.15. The van der Waals surface area contributed by atoms with Crippen LogP contribution in [0.15, 0.2) is 35.5 Å². The molecule has 2 rings (SSSR count). The van der Waals surface area contributed by atoms with Crippen LogP contribution in [0.2, 0.25) is 0 Å². The molecule has 106 valence electrons. The Morgan fingerprint density at radius 3 is 2.75 bits per heavy atom. The molecule has 0 saturated heterocycles. The Hall–Kier alpha value is -1.84. The molecule has 0 amide bonds. The zero-order valence-electron chi connectivity index (χ0n) is 10.6. The van der Waals surface area contributed by atoms with Gasteiger partial charge < -0.3 is 10.3 Å². The maximum absolute atomic E-state index is 12.3. The second-order valence-electron chi connectivity index (χ2n) is 4.04. The molecule has 0 aliphatic rings. The molecule has 0 atom stereocenters. The minimum absolute atomic E-state index is 0.0321. The van der Waals surface area contributed by atoms with Crippen molar-refractivity contribution in [3.05, 3.63) is 42.0 Å². The monoisotopic (exact) mass is 311 g/mol. The van der Waals surface area contributed by atoms with Gasteiger partial charge in [-0.15, -0.1) is 10.2 Å². The van der Waals surface area contributed by atoms with Crippen LogP contribution < -0.4 is 10.5 Å². The van der Waals surface area contributed by atoms with Gasteiger partial charge in [-0.3, -0.25) is 0 Å². The normalized spacial score (nSPS) is 11.4. The molecule has 0 aliphatic heterocycles. The second-order valence-corrected chi connectivity index (χ2v) is 6.22. The van der Waals surface area contributed by atoms with E-state index in [9.17, 15) is 8.42 Å². The third-order valence-corrected chi connectivity index (χ3v) is 4.35. The van der Waals surface area contributed by atoms with Crippen LogP contribution in [-0.2, 0) is 23.6 Å². The fourth-order valence-electron chi connectivity index (χ4n) is 1.61. The number of hydrogen-bond donors (Lipinski definition) is 2. The summed E-state index contributed by atoms with van der Waals surface area (Å²) < 4.78 is 28.6. The number of thiocarbonyl (C=S) groups is 1. The van der Waals surface area contributed by atoms with E-state index in [0.29, 0.717) is 11.4 Å². The van der Waals surface area contributed by atoms with Crippen LogP contribution in [0.1, 0.15) is 11.4 Å². The summed E-state index contributed by atoms with van der Waals surface area (Å²) >= 11 is 4.86. The van der Waals surface area contributed by atoms with Gasteiger partial charge in [-0.2, -0.15) is 0 Å². The van der Waals surface area contributed by atoms with E-state index < -0.39 is 10.0 Å². The molecule has 7 nitrogen and oxygen atoms in total. The largest absolute Gasteiger partial charge is 0.389 e. The predicted molar refractivity (Wildman–Crippen MR) is 77.4 cm³/mol. The molecule has 0 aliphatic carbocycles. The van der Waals surface area contributed by atoms with E-state index in [0.717, 1.165) is 0 Å². The molecule has 0 radical (unpaired) electrons. The highest BCUT2D eigenvalue weighted by molar-refractivity contribution is 7.89. The Labute approximate surface area is 121 Å². The van der Waals surface area contributed by atoms with Crippen LogP contribution in [0.3, 0.4) is 0 Å². The molecule has 1 heterocycles. The van der Waals surface area contributed by atoms with Gasteiger partial charge >= 0.3 is 0 Å². The molecular formula is C11H13N5O2S2. The van der Waals surface area contributed by atoms with Gasteiger partial charge in [0.2, 0.25) is 10.0 Å². The number of nitrogens with zero attached hydrogens (tertiary/aromatic N) is 3. The highest BCUT2D eigenvalue weighted by atomic mass is 32.2. The maximum Gasteiger partial charge on any atom is 0.241 e. The number of hydrogen-bond acceptors (Lipinski definition) is 5. The lowest BCUT2D eigenvalue weighted by Gasteiger charge is -2.10. The van der Waals surface area contributed by atoms with Crippen LogP contribution in [-0.4, -0.2) is 28.2 Å². The SMILES string of the molecule is Cn1cnnc1CNS(=O)(=O)c1ccccc1C(N)=S. The molecule has 0 saturated carbocycles. The Kier molecular flexibility index (Phi) is 4.12. The van der Waals surface area contributed by atoms with Gasteiger partial charge in [-0.05, 0) is 6.07 Å². The van der Waals surface area contributed by atoms with Gasteiger partial charge in [0.05, 0.1) is 11.4 Å². The van der Waals surface area contributed by atoms with Gasteiger partial charge in [0.1, 0.15) is 17.1 Å². The van der Waals surface area contributed by atoms with E-state index in [1.54, 1.807) is 29.8 Å². The van der Waals surface area contributed by atoms with E-state index in [4.69, 9.17) is 18.0 Å². The summed E-state index contributed by atoms with van der Waals surface area (Å²) in [6.45, 7) is 0.0322. The molecule has 0 spiro atoms. The molecule has 1 aromatic carbocycles. The van der Waals surface area contributed by atoms with E-state index >= 15 is 0 Å². The summed E-state index contributed by atoms with van der Waals surface area (Å²) in [6, 6.07) is 6.31. The first-order valence-corrected chi connectivity index (χ1v) is 7.52. The van der Waals surface area contributed by atoms with Gasteiger partial charge in [0, 0.05) is 12.6 Å². The molecular weight excluding hydrogens is 298 g/mol. The number of aryl methyl sites for hydroxylation is 1. The Balaban J connectivity index is 2.27. The first kappa shape index (κ1) is 14.6. The molecule has 2 aromatic rings.